The first-order valence-corrected chi connectivity index (χ1v) is 6.63. The van der Waals surface area contributed by atoms with E-state index in [2.05, 4.69) is 19.2 Å². The molecule has 0 spiro atoms. The predicted octanol–water partition coefficient (Wildman–Crippen LogP) is 2.25. The summed E-state index contributed by atoms with van der Waals surface area (Å²) in [7, 11) is 1.64. The first kappa shape index (κ1) is 15.5. The molecule has 1 aromatic carbocycles. The molecule has 0 aliphatic heterocycles. The molecule has 0 heterocycles. The van der Waals surface area contributed by atoms with E-state index in [0.717, 1.165) is 11.3 Å². The zero-order valence-electron chi connectivity index (χ0n) is 12.1. The van der Waals surface area contributed by atoms with E-state index in [1.54, 1.807) is 7.11 Å². The lowest BCUT2D eigenvalue weighted by Gasteiger charge is -2.23. The van der Waals surface area contributed by atoms with E-state index >= 15 is 0 Å². The molecule has 3 N–H and O–H groups in total. The fourth-order valence-electron chi connectivity index (χ4n) is 1.97. The molecule has 1 rings (SSSR count). The van der Waals surface area contributed by atoms with Gasteiger partial charge in [0.1, 0.15) is 5.75 Å². The largest absolute Gasteiger partial charge is 0.497 e. The third-order valence-corrected chi connectivity index (χ3v) is 2.97. The second-order valence-electron chi connectivity index (χ2n) is 5.24. The van der Waals surface area contributed by atoms with Crippen LogP contribution < -0.4 is 15.8 Å². The summed E-state index contributed by atoms with van der Waals surface area (Å²) in [6.45, 7) is 6.00. The van der Waals surface area contributed by atoms with Crippen molar-refractivity contribution in [3.8, 4) is 5.75 Å². The van der Waals surface area contributed by atoms with Gasteiger partial charge in [0.25, 0.3) is 0 Å². The summed E-state index contributed by atoms with van der Waals surface area (Å²) in [4.78, 5) is 11.8. The smallest absolute Gasteiger partial charge is 0.222 e. The molecular formula is C15H24N2O2. The van der Waals surface area contributed by atoms with Crippen LogP contribution in [0.15, 0.2) is 24.3 Å². The lowest BCUT2D eigenvalue weighted by atomic mass is 9.95. The molecule has 0 bridgehead atoms. The van der Waals surface area contributed by atoms with Crippen LogP contribution in [0.4, 0.5) is 0 Å². The number of benzene rings is 1. The molecule has 0 radical (unpaired) electrons. The number of carbonyl (C=O) groups is 1. The van der Waals surface area contributed by atoms with Gasteiger partial charge in [0.15, 0.2) is 0 Å². The Morgan fingerprint density at radius 2 is 1.84 bits per heavy atom. The zero-order valence-corrected chi connectivity index (χ0v) is 12.1. The number of hydrogen-bond donors (Lipinski definition) is 2. The van der Waals surface area contributed by atoms with Crippen LogP contribution in [0.25, 0.3) is 0 Å². The molecule has 0 fully saturated rings. The van der Waals surface area contributed by atoms with Crippen LogP contribution in [0.3, 0.4) is 0 Å². The highest BCUT2D eigenvalue weighted by Gasteiger charge is 2.18. The topological polar surface area (TPSA) is 64.3 Å². The van der Waals surface area contributed by atoms with Gasteiger partial charge in [-0.25, -0.2) is 0 Å². The van der Waals surface area contributed by atoms with Crippen molar-refractivity contribution in [3.63, 3.8) is 0 Å². The molecule has 4 heteroatoms. The maximum absolute atomic E-state index is 11.8. The van der Waals surface area contributed by atoms with Crippen LogP contribution >= 0.6 is 0 Å². The van der Waals surface area contributed by atoms with Crippen LogP contribution in [0.2, 0.25) is 0 Å². The van der Waals surface area contributed by atoms with Crippen molar-refractivity contribution in [2.75, 3.05) is 7.11 Å². The fourth-order valence-corrected chi connectivity index (χ4v) is 1.97. The van der Waals surface area contributed by atoms with Gasteiger partial charge < -0.3 is 15.8 Å². The average Bonchev–Trinajstić information content (AvgIpc) is 2.35. The van der Waals surface area contributed by atoms with E-state index in [9.17, 15) is 4.79 Å². The first-order chi connectivity index (χ1) is 8.93. The average molecular weight is 264 g/mol. The van der Waals surface area contributed by atoms with Crippen LogP contribution in [0.5, 0.6) is 5.75 Å². The lowest BCUT2D eigenvalue weighted by Crippen LogP contribution is -2.35. The number of amides is 1. The van der Waals surface area contributed by atoms with Gasteiger partial charge in [0.2, 0.25) is 5.91 Å². The van der Waals surface area contributed by atoms with E-state index in [1.807, 2.05) is 31.2 Å². The normalized spacial score (nSPS) is 14.0. The summed E-state index contributed by atoms with van der Waals surface area (Å²) in [6, 6.07) is 7.65. The predicted molar refractivity (Wildman–Crippen MR) is 77.0 cm³/mol. The summed E-state index contributed by atoms with van der Waals surface area (Å²) in [6.07, 6.45) is 0.347. The summed E-state index contributed by atoms with van der Waals surface area (Å²) in [5, 5.41) is 3.04. The number of rotatable bonds is 6. The van der Waals surface area contributed by atoms with Gasteiger partial charge >= 0.3 is 0 Å². The quantitative estimate of drug-likeness (QED) is 0.828. The van der Waals surface area contributed by atoms with Gasteiger partial charge in [-0.2, -0.15) is 0 Å². The molecular weight excluding hydrogens is 240 g/mol. The molecule has 4 nitrogen and oxygen atoms in total. The highest BCUT2D eigenvalue weighted by molar-refractivity contribution is 5.77. The summed E-state index contributed by atoms with van der Waals surface area (Å²) < 4.78 is 5.14. The van der Waals surface area contributed by atoms with Crippen molar-refractivity contribution in [3.05, 3.63) is 29.8 Å². The number of nitrogens with two attached hydrogens (primary N) is 1. The van der Waals surface area contributed by atoms with E-state index < -0.39 is 0 Å². The van der Waals surface area contributed by atoms with Crippen molar-refractivity contribution < 1.29 is 9.53 Å². The molecule has 106 valence electrons. The Balaban J connectivity index is 2.79. The molecule has 0 aliphatic carbocycles. The molecule has 1 amide bonds. The van der Waals surface area contributed by atoms with E-state index in [1.165, 1.54) is 0 Å². The molecule has 0 aromatic heterocycles. The van der Waals surface area contributed by atoms with Gasteiger partial charge in [-0.3, -0.25) is 4.79 Å². The molecule has 0 aliphatic rings. The van der Waals surface area contributed by atoms with Crippen molar-refractivity contribution in [2.24, 2.45) is 11.7 Å². The van der Waals surface area contributed by atoms with Gasteiger partial charge in [-0.15, -0.1) is 0 Å². The number of nitrogens with one attached hydrogen (secondary N) is 1. The van der Waals surface area contributed by atoms with Crippen molar-refractivity contribution in [1.82, 2.24) is 5.32 Å². The van der Waals surface area contributed by atoms with Gasteiger partial charge in [0.05, 0.1) is 13.2 Å². The molecule has 2 unspecified atom stereocenters. The van der Waals surface area contributed by atoms with Gasteiger partial charge in [-0.1, -0.05) is 26.0 Å². The standard InChI is InChI=1S/C15H24N2O2/c1-10(2)15(17-14(18)9-11(3)16)12-5-7-13(19-4)8-6-12/h5-8,10-11,15H,9,16H2,1-4H3,(H,17,18). The fraction of sp³-hybridized carbons (Fsp3) is 0.533. The number of carbonyl (C=O) groups excluding carboxylic acids is 1. The number of hydrogen-bond acceptors (Lipinski definition) is 3. The van der Waals surface area contributed by atoms with Gasteiger partial charge in [-0.05, 0) is 30.5 Å². The van der Waals surface area contributed by atoms with Crippen molar-refractivity contribution in [1.29, 1.82) is 0 Å². The SMILES string of the molecule is COc1ccc(C(NC(=O)CC(C)N)C(C)C)cc1. The van der Waals surface area contributed by atoms with Crippen molar-refractivity contribution in [2.45, 2.75) is 39.3 Å². The Labute approximate surface area is 115 Å². The monoisotopic (exact) mass is 264 g/mol. The minimum atomic E-state index is -0.122. The lowest BCUT2D eigenvalue weighted by molar-refractivity contribution is -0.122. The minimum Gasteiger partial charge on any atom is -0.497 e. The first-order valence-electron chi connectivity index (χ1n) is 6.63. The zero-order chi connectivity index (χ0) is 14.4. The van der Waals surface area contributed by atoms with Crippen molar-refractivity contribution >= 4 is 5.91 Å². The number of ether oxygens (including phenoxy) is 1. The van der Waals surface area contributed by atoms with Gasteiger partial charge in [0, 0.05) is 12.5 Å². The Hall–Kier alpha value is -1.55. The van der Waals surface area contributed by atoms with Crippen LogP contribution in [0.1, 0.15) is 38.8 Å². The van der Waals surface area contributed by atoms with Crippen LogP contribution in [-0.4, -0.2) is 19.1 Å². The molecule has 0 saturated carbocycles. The Bertz CT molecular complexity index is 399. The van der Waals surface area contributed by atoms with E-state index in [-0.39, 0.29) is 18.0 Å². The Morgan fingerprint density at radius 1 is 1.26 bits per heavy atom. The van der Waals surface area contributed by atoms with Crippen LogP contribution in [-0.2, 0) is 4.79 Å². The maximum atomic E-state index is 11.8. The molecule has 1 aromatic rings. The Morgan fingerprint density at radius 3 is 2.26 bits per heavy atom. The number of methoxy groups -OCH3 is 1. The highest BCUT2D eigenvalue weighted by Crippen LogP contribution is 2.24. The summed E-state index contributed by atoms with van der Waals surface area (Å²) in [5.41, 5.74) is 6.72. The third-order valence-electron chi connectivity index (χ3n) is 2.97. The second kappa shape index (κ2) is 7.14. The highest BCUT2D eigenvalue weighted by atomic mass is 16.5. The summed E-state index contributed by atoms with van der Waals surface area (Å²) in [5.74, 6) is 1.11. The molecule has 19 heavy (non-hydrogen) atoms. The van der Waals surface area contributed by atoms with Crippen LogP contribution in [0, 0.1) is 5.92 Å². The molecule has 2 atom stereocenters. The Kier molecular flexibility index (Phi) is 5.83. The minimum absolute atomic E-state index is 0.00263. The second-order valence-corrected chi connectivity index (χ2v) is 5.24. The third kappa shape index (κ3) is 4.91. The van der Waals surface area contributed by atoms with E-state index in [4.69, 9.17) is 10.5 Å². The maximum Gasteiger partial charge on any atom is 0.222 e. The summed E-state index contributed by atoms with van der Waals surface area (Å²) >= 11 is 0. The molecule has 0 saturated heterocycles. The van der Waals surface area contributed by atoms with E-state index in [0.29, 0.717) is 12.3 Å².